The lowest BCUT2D eigenvalue weighted by Crippen LogP contribution is -2.32. The number of nitrogens with one attached hydrogen (secondary N) is 1. The molecule has 0 fully saturated rings. The van der Waals surface area contributed by atoms with Gasteiger partial charge in [0.1, 0.15) is 0 Å². The van der Waals surface area contributed by atoms with E-state index in [9.17, 15) is 0 Å². The average molecular weight is 275 g/mol. The molecule has 0 aliphatic carbocycles. The quantitative estimate of drug-likeness (QED) is 0.503. The van der Waals surface area contributed by atoms with Gasteiger partial charge in [0.2, 0.25) is 5.96 Å². The maximum absolute atomic E-state index is 7.23. The van der Waals surface area contributed by atoms with E-state index in [-0.39, 0.29) is 5.96 Å². The van der Waals surface area contributed by atoms with E-state index in [1.807, 2.05) is 0 Å². The maximum Gasteiger partial charge on any atom is 0.236 e. The molecule has 0 saturated carbocycles. The summed E-state index contributed by atoms with van der Waals surface area (Å²) in [7, 11) is 0. The van der Waals surface area contributed by atoms with Crippen LogP contribution in [0.4, 0.5) is 0 Å². The Labute approximate surface area is 109 Å². The summed E-state index contributed by atoms with van der Waals surface area (Å²) in [5, 5.41) is 12.9. The van der Waals surface area contributed by atoms with Crippen LogP contribution in [0, 0.1) is 5.41 Å². The molecule has 7 heteroatoms. The predicted molar refractivity (Wildman–Crippen MR) is 69.4 cm³/mol. The minimum atomic E-state index is -0.328. The van der Waals surface area contributed by atoms with Gasteiger partial charge >= 0.3 is 0 Å². The second-order valence-corrected chi connectivity index (χ2v) is 3.77. The van der Waals surface area contributed by atoms with Crippen molar-refractivity contribution in [3.05, 3.63) is 33.8 Å². The fourth-order valence-corrected chi connectivity index (χ4v) is 1.53. The van der Waals surface area contributed by atoms with Crippen LogP contribution >= 0.6 is 23.2 Å². The number of hydroxylamine groups is 1. The molecular weight excluding hydrogens is 263 g/mol. The van der Waals surface area contributed by atoms with E-state index < -0.39 is 0 Å². The number of halogens is 2. The van der Waals surface area contributed by atoms with Crippen LogP contribution in [0.5, 0.6) is 0 Å². The second-order valence-electron chi connectivity index (χ2n) is 2.96. The van der Waals surface area contributed by atoms with Crippen molar-refractivity contribution in [3.63, 3.8) is 0 Å². The lowest BCUT2D eigenvalue weighted by atomic mass is 10.2. The molecule has 0 amide bonds. The summed E-state index contributed by atoms with van der Waals surface area (Å²) < 4.78 is 0. The molecule has 0 heterocycles. The third-order valence-corrected chi connectivity index (χ3v) is 2.41. The fraction of sp³-hybridized carbons (Fsp3) is 0.200. The molecule has 0 spiro atoms. The van der Waals surface area contributed by atoms with Crippen LogP contribution in [0.15, 0.2) is 23.3 Å². The molecule has 0 saturated heterocycles. The lowest BCUT2D eigenvalue weighted by Gasteiger charge is -2.14. The first-order valence-corrected chi connectivity index (χ1v) is 5.57. The van der Waals surface area contributed by atoms with Crippen LogP contribution in [-0.4, -0.2) is 24.0 Å². The first-order valence-electron chi connectivity index (χ1n) is 4.81. The Balaban J connectivity index is 2.92. The zero-order valence-corrected chi connectivity index (χ0v) is 10.7. The Hall–Kier alpha value is -1.30. The number of benzene rings is 1. The largest absolute Gasteiger partial charge is 0.367 e. The standard InChI is InChI=1S/C10H12Cl2N4O/c1-2-17-16(10(13)14)15-6-7-8(11)4-3-5-9(7)12/h3-6H,2H2,1H3,(H3,13,14)/b15-6+. The van der Waals surface area contributed by atoms with Gasteiger partial charge in [-0.2, -0.15) is 5.10 Å². The molecule has 0 aromatic heterocycles. The van der Waals surface area contributed by atoms with Crippen molar-refractivity contribution in [2.45, 2.75) is 6.92 Å². The van der Waals surface area contributed by atoms with E-state index in [0.29, 0.717) is 22.2 Å². The molecule has 0 aliphatic rings. The number of nitrogens with two attached hydrogens (primary N) is 1. The number of hydrogen-bond donors (Lipinski definition) is 2. The molecule has 17 heavy (non-hydrogen) atoms. The Morgan fingerprint density at radius 2 is 2.12 bits per heavy atom. The molecular formula is C10H12Cl2N4O. The topological polar surface area (TPSA) is 74.7 Å². The van der Waals surface area contributed by atoms with Gasteiger partial charge < -0.3 is 5.73 Å². The number of rotatable bonds is 4. The van der Waals surface area contributed by atoms with Gasteiger partial charge in [0.15, 0.2) is 0 Å². The van der Waals surface area contributed by atoms with Crippen LogP contribution in [0.25, 0.3) is 0 Å². The minimum absolute atomic E-state index is 0.328. The third kappa shape index (κ3) is 3.89. The van der Waals surface area contributed by atoms with Crippen LogP contribution in [0.3, 0.4) is 0 Å². The molecule has 0 radical (unpaired) electrons. The van der Waals surface area contributed by atoms with Crippen molar-refractivity contribution in [1.82, 2.24) is 5.17 Å². The zero-order chi connectivity index (χ0) is 12.8. The van der Waals surface area contributed by atoms with E-state index in [4.69, 9.17) is 39.2 Å². The molecule has 1 rings (SSSR count). The number of nitrogens with zero attached hydrogens (tertiary/aromatic N) is 2. The molecule has 1 aromatic rings. The summed E-state index contributed by atoms with van der Waals surface area (Å²) in [6, 6.07) is 5.11. The van der Waals surface area contributed by atoms with Gasteiger partial charge in [-0.3, -0.25) is 5.41 Å². The molecule has 0 aliphatic heterocycles. The van der Waals surface area contributed by atoms with Gasteiger partial charge in [0.05, 0.1) is 22.9 Å². The smallest absolute Gasteiger partial charge is 0.236 e. The lowest BCUT2D eigenvalue weighted by molar-refractivity contribution is -0.0937. The van der Waals surface area contributed by atoms with E-state index in [2.05, 4.69) is 5.10 Å². The summed E-state index contributed by atoms with van der Waals surface area (Å²) in [6.07, 6.45) is 1.39. The summed E-state index contributed by atoms with van der Waals surface area (Å²) in [4.78, 5) is 5.00. The highest BCUT2D eigenvalue weighted by molar-refractivity contribution is 6.38. The first kappa shape index (κ1) is 13.8. The van der Waals surface area contributed by atoms with Crippen LogP contribution in [0.2, 0.25) is 10.0 Å². The Morgan fingerprint density at radius 3 is 2.59 bits per heavy atom. The third-order valence-electron chi connectivity index (χ3n) is 1.75. The van der Waals surface area contributed by atoms with Crippen LogP contribution in [0.1, 0.15) is 12.5 Å². The van der Waals surface area contributed by atoms with Gasteiger partial charge in [0.25, 0.3) is 0 Å². The monoisotopic (exact) mass is 274 g/mol. The summed E-state index contributed by atoms with van der Waals surface area (Å²) in [5.74, 6) is -0.328. The number of guanidine groups is 1. The fourth-order valence-electron chi connectivity index (χ4n) is 1.03. The molecule has 92 valence electrons. The first-order chi connectivity index (χ1) is 8.06. The Kier molecular flexibility index (Phi) is 5.21. The zero-order valence-electron chi connectivity index (χ0n) is 9.15. The normalized spacial score (nSPS) is 10.8. The SMILES string of the molecule is CCON(/N=C/c1c(Cl)cccc1Cl)C(=N)N. The number of hydrazone groups is 1. The molecule has 0 unspecified atom stereocenters. The molecule has 0 bridgehead atoms. The van der Waals surface area contributed by atoms with E-state index in [1.54, 1.807) is 25.1 Å². The highest BCUT2D eigenvalue weighted by Gasteiger charge is 2.06. The second kappa shape index (κ2) is 6.44. The Morgan fingerprint density at radius 1 is 1.53 bits per heavy atom. The number of hydrogen-bond acceptors (Lipinski definition) is 3. The van der Waals surface area contributed by atoms with Crippen LogP contribution < -0.4 is 5.73 Å². The summed E-state index contributed by atoms with van der Waals surface area (Å²) >= 11 is 11.9. The van der Waals surface area contributed by atoms with Crippen LogP contribution in [-0.2, 0) is 4.84 Å². The van der Waals surface area contributed by atoms with Crippen molar-refractivity contribution >= 4 is 35.4 Å². The van der Waals surface area contributed by atoms with Gasteiger partial charge in [-0.25, -0.2) is 4.84 Å². The average Bonchev–Trinajstić information content (AvgIpc) is 2.26. The van der Waals surface area contributed by atoms with Gasteiger partial charge in [0, 0.05) is 5.56 Å². The van der Waals surface area contributed by atoms with Crippen molar-refractivity contribution in [2.24, 2.45) is 10.8 Å². The minimum Gasteiger partial charge on any atom is -0.367 e. The van der Waals surface area contributed by atoms with Crippen molar-refractivity contribution in [3.8, 4) is 0 Å². The summed E-state index contributed by atoms with van der Waals surface area (Å²) in [5.41, 5.74) is 5.81. The van der Waals surface area contributed by atoms with E-state index in [0.717, 1.165) is 5.17 Å². The molecule has 1 aromatic carbocycles. The molecule has 5 nitrogen and oxygen atoms in total. The van der Waals surface area contributed by atoms with E-state index in [1.165, 1.54) is 6.21 Å². The van der Waals surface area contributed by atoms with Gasteiger partial charge in [-0.1, -0.05) is 29.3 Å². The van der Waals surface area contributed by atoms with Gasteiger partial charge in [-0.15, -0.1) is 5.17 Å². The highest BCUT2D eigenvalue weighted by atomic mass is 35.5. The van der Waals surface area contributed by atoms with Crippen molar-refractivity contribution in [1.29, 1.82) is 5.41 Å². The summed E-state index contributed by atoms with van der Waals surface area (Å²) in [6.45, 7) is 2.10. The van der Waals surface area contributed by atoms with Gasteiger partial charge in [-0.05, 0) is 19.1 Å². The molecule has 0 atom stereocenters. The highest BCUT2D eigenvalue weighted by Crippen LogP contribution is 2.22. The predicted octanol–water partition coefficient (Wildman–Crippen LogP) is 2.47. The maximum atomic E-state index is 7.23. The van der Waals surface area contributed by atoms with Crippen molar-refractivity contribution < 1.29 is 4.84 Å². The van der Waals surface area contributed by atoms with Crippen molar-refractivity contribution in [2.75, 3.05) is 6.61 Å². The van der Waals surface area contributed by atoms with E-state index >= 15 is 0 Å². The Bertz CT molecular complexity index is 416. The molecule has 3 N–H and O–H groups in total.